The maximum Gasteiger partial charge on any atom is 0.224 e. The van der Waals surface area contributed by atoms with Gasteiger partial charge in [-0.1, -0.05) is 0 Å². The molecule has 0 fully saturated rings. The Balaban J connectivity index is 2.45. The molecule has 0 atom stereocenters. The number of benzene rings is 1. The molecule has 0 aliphatic carbocycles. The summed E-state index contributed by atoms with van der Waals surface area (Å²) in [6.45, 7) is 3.82. The number of nitrogens with one attached hydrogen (secondary N) is 1. The second kappa shape index (κ2) is 5.68. The van der Waals surface area contributed by atoms with Gasteiger partial charge in [0.1, 0.15) is 5.75 Å². The van der Waals surface area contributed by atoms with Crippen LogP contribution in [0.4, 0.5) is 5.69 Å². The van der Waals surface area contributed by atoms with E-state index < -0.39 is 0 Å². The van der Waals surface area contributed by atoms with E-state index in [9.17, 15) is 4.79 Å². The Kier molecular flexibility index (Phi) is 4.52. The Hall–Kier alpha value is -1.55. The Labute approximate surface area is 102 Å². The van der Waals surface area contributed by atoms with Crippen molar-refractivity contribution in [2.45, 2.75) is 32.2 Å². The van der Waals surface area contributed by atoms with E-state index in [1.807, 2.05) is 38.1 Å². The Morgan fingerprint density at radius 3 is 2.41 bits per heavy atom. The van der Waals surface area contributed by atoms with E-state index in [1.165, 1.54) is 0 Å². The third-order valence-electron chi connectivity index (χ3n) is 2.37. The van der Waals surface area contributed by atoms with E-state index in [1.54, 1.807) is 7.11 Å². The van der Waals surface area contributed by atoms with Gasteiger partial charge in [-0.15, -0.1) is 0 Å². The molecule has 1 amide bonds. The predicted octanol–water partition coefficient (Wildman–Crippen LogP) is 2.15. The molecule has 0 aliphatic heterocycles. The summed E-state index contributed by atoms with van der Waals surface area (Å²) in [5.41, 5.74) is 6.28. The molecule has 0 aliphatic rings. The van der Waals surface area contributed by atoms with Gasteiger partial charge in [0.05, 0.1) is 7.11 Å². The number of hydrogen-bond donors (Lipinski definition) is 2. The van der Waals surface area contributed by atoms with Crippen LogP contribution in [0.1, 0.15) is 26.7 Å². The van der Waals surface area contributed by atoms with Crippen molar-refractivity contribution >= 4 is 11.6 Å². The minimum Gasteiger partial charge on any atom is -0.497 e. The van der Waals surface area contributed by atoms with Crippen molar-refractivity contribution < 1.29 is 9.53 Å². The highest BCUT2D eigenvalue weighted by atomic mass is 16.5. The summed E-state index contributed by atoms with van der Waals surface area (Å²) in [7, 11) is 1.61. The Morgan fingerprint density at radius 2 is 1.94 bits per heavy atom. The van der Waals surface area contributed by atoms with Crippen LogP contribution in [0.2, 0.25) is 0 Å². The van der Waals surface area contributed by atoms with Gasteiger partial charge in [0.15, 0.2) is 0 Å². The maximum atomic E-state index is 11.6. The first kappa shape index (κ1) is 13.5. The number of amides is 1. The molecule has 94 valence electrons. The molecule has 1 aromatic rings. The summed E-state index contributed by atoms with van der Waals surface area (Å²) in [5, 5.41) is 2.82. The average molecular weight is 236 g/mol. The fourth-order valence-electron chi connectivity index (χ4n) is 1.33. The predicted molar refractivity (Wildman–Crippen MR) is 69.1 cm³/mol. The van der Waals surface area contributed by atoms with Gasteiger partial charge in [-0.3, -0.25) is 4.79 Å². The lowest BCUT2D eigenvalue weighted by Gasteiger charge is -2.17. The summed E-state index contributed by atoms with van der Waals surface area (Å²) in [6.07, 6.45) is 1.09. The van der Waals surface area contributed by atoms with Gasteiger partial charge in [0, 0.05) is 17.6 Å². The zero-order valence-corrected chi connectivity index (χ0v) is 10.6. The second-order valence-electron chi connectivity index (χ2n) is 4.77. The molecule has 3 N–H and O–H groups in total. The van der Waals surface area contributed by atoms with Crippen LogP contribution in [-0.4, -0.2) is 18.6 Å². The molecule has 0 saturated heterocycles. The summed E-state index contributed by atoms with van der Waals surface area (Å²) in [5.74, 6) is 0.750. The monoisotopic (exact) mass is 236 g/mol. The van der Waals surface area contributed by atoms with Gasteiger partial charge < -0.3 is 15.8 Å². The minimum atomic E-state index is -0.308. The number of anilines is 1. The summed E-state index contributed by atoms with van der Waals surface area (Å²) >= 11 is 0. The van der Waals surface area contributed by atoms with E-state index in [0.29, 0.717) is 12.8 Å². The molecule has 0 unspecified atom stereocenters. The molecule has 0 heterocycles. The molecular formula is C13H20N2O2. The second-order valence-corrected chi connectivity index (χ2v) is 4.77. The van der Waals surface area contributed by atoms with Gasteiger partial charge in [-0.2, -0.15) is 0 Å². The van der Waals surface area contributed by atoms with Crippen molar-refractivity contribution in [2.75, 3.05) is 12.4 Å². The quantitative estimate of drug-likeness (QED) is 0.823. The van der Waals surface area contributed by atoms with E-state index in [4.69, 9.17) is 10.5 Å². The van der Waals surface area contributed by atoms with Crippen molar-refractivity contribution in [1.82, 2.24) is 0 Å². The zero-order valence-electron chi connectivity index (χ0n) is 10.6. The first-order valence-corrected chi connectivity index (χ1v) is 5.63. The molecule has 0 spiro atoms. The lowest BCUT2D eigenvalue weighted by atomic mass is 10.00. The number of hydrogen-bond acceptors (Lipinski definition) is 3. The van der Waals surface area contributed by atoms with E-state index in [2.05, 4.69) is 5.32 Å². The molecule has 0 saturated carbocycles. The lowest BCUT2D eigenvalue weighted by molar-refractivity contribution is -0.116. The molecule has 4 heteroatoms. The third-order valence-corrected chi connectivity index (χ3v) is 2.37. The standard InChI is InChI=1S/C13H20N2O2/c1-13(2,14)9-8-12(16)15-10-4-6-11(17-3)7-5-10/h4-7H,8-9,14H2,1-3H3,(H,15,16). The molecule has 17 heavy (non-hydrogen) atoms. The van der Waals surface area contributed by atoms with Crippen LogP contribution < -0.4 is 15.8 Å². The summed E-state index contributed by atoms with van der Waals surface area (Å²) in [6, 6.07) is 7.24. The largest absolute Gasteiger partial charge is 0.497 e. The fraction of sp³-hybridized carbons (Fsp3) is 0.462. The number of rotatable bonds is 5. The molecule has 0 aromatic heterocycles. The van der Waals surface area contributed by atoms with Crippen molar-refractivity contribution in [3.05, 3.63) is 24.3 Å². The van der Waals surface area contributed by atoms with E-state index in [0.717, 1.165) is 11.4 Å². The van der Waals surface area contributed by atoms with E-state index in [-0.39, 0.29) is 11.4 Å². The minimum absolute atomic E-state index is 0.0197. The van der Waals surface area contributed by atoms with Crippen LogP contribution in [-0.2, 0) is 4.79 Å². The van der Waals surface area contributed by atoms with Gasteiger partial charge in [-0.25, -0.2) is 0 Å². The molecule has 1 aromatic carbocycles. The van der Waals surface area contributed by atoms with Crippen LogP contribution in [0.15, 0.2) is 24.3 Å². The third kappa shape index (κ3) is 5.36. The lowest BCUT2D eigenvalue weighted by Crippen LogP contribution is -2.33. The van der Waals surface area contributed by atoms with Crippen LogP contribution in [0, 0.1) is 0 Å². The van der Waals surface area contributed by atoms with Crippen LogP contribution in [0.5, 0.6) is 5.75 Å². The Bertz CT molecular complexity index is 366. The van der Waals surface area contributed by atoms with Crippen LogP contribution in [0.25, 0.3) is 0 Å². The number of ether oxygens (including phenoxy) is 1. The van der Waals surface area contributed by atoms with Gasteiger partial charge in [-0.05, 0) is 44.5 Å². The van der Waals surface area contributed by atoms with E-state index >= 15 is 0 Å². The fourth-order valence-corrected chi connectivity index (χ4v) is 1.33. The number of nitrogens with two attached hydrogens (primary N) is 1. The van der Waals surface area contributed by atoms with Gasteiger partial charge in [0.2, 0.25) is 5.91 Å². The molecule has 0 radical (unpaired) electrons. The van der Waals surface area contributed by atoms with Crippen molar-refractivity contribution in [3.8, 4) is 5.75 Å². The molecule has 1 rings (SSSR count). The summed E-state index contributed by atoms with van der Waals surface area (Å²) < 4.78 is 5.04. The van der Waals surface area contributed by atoms with Crippen molar-refractivity contribution in [3.63, 3.8) is 0 Å². The average Bonchev–Trinajstić information content (AvgIpc) is 2.27. The maximum absolute atomic E-state index is 11.6. The SMILES string of the molecule is COc1ccc(NC(=O)CCC(C)(C)N)cc1. The number of methoxy groups -OCH3 is 1. The first-order chi connectivity index (χ1) is 7.90. The Morgan fingerprint density at radius 1 is 1.35 bits per heavy atom. The number of carbonyl (C=O) groups is 1. The highest BCUT2D eigenvalue weighted by Crippen LogP contribution is 2.16. The highest BCUT2D eigenvalue weighted by molar-refractivity contribution is 5.90. The summed E-state index contributed by atoms with van der Waals surface area (Å²) in [4.78, 5) is 11.6. The first-order valence-electron chi connectivity index (χ1n) is 5.63. The van der Waals surface area contributed by atoms with Crippen LogP contribution in [0.3, 0.4) is 0 Å². The normalized spacial score (nSPS) is 11.1. The molecular weight excluding hydrogens is 216 g/mol. The van der Waals surface area contributed by atoms with Crippen molar-refractivity contribution in [2.24, 2.45) is 5.73 Å². The molecule has 0 bridgehead atoms. The highest BCUT2D eigenvalue weighted by Gasteiger charge is 2.13. The smallest absolute Gasteiger partial charge is 0.224 e. The number of carbonyl (C=O) groups excluding carboxylic acids is 1. The van der Waals surface area contributed by atoms with Gasteiger partial charge in [0.25, 0.3) is 0 Å². The van der Waals surface area contributed by atoms with Crippen LogP contribution >= 0.6 is 0 Å². The topological polar surface area (TPSA) is 64.3 Å². The molecule has 4 nitrogen and oxygen atoms in total. The van der Waals surface area contributed by atoms with Gasteiger partial charge >= 0.3 is 0 Å². The zero-order chi connectivity index (χ0) is 12.9. The van der Waals surface area contributed by atoms with Crippen molar-refractivity contribution in [1.29, 1.82) is 0 Å².